The van der Waals surface area contributed by atoms with Gasteiger partial charge >= 0.3 is 0 Å². The quantitative estimate of drug-likeness (QED) is 0.681. The minimum Gasteiger partial charge on any atom is -0.324 e. The Morgan fingerprint density at radius 3 is 2.35 bits per heavy atom. The third-order valence-electron chi connectivity index (χ3n) is 2.96. The minimum absolute atomic E-state index is 0.0619. The third kappa shape index (κ3) is 3.48. The summed E-state index contributed by atoms with van der Waals surface area (Å²) in [6.45, 7) is 0. The van der Waals surface area contributed by atoms with E-state index in [9.17, 15) is 10.1 Å². The van der Waals surface area contributed by atoms with Gasteiger partial charge in [0, 0.05) is 28.2 Å². The molecule has 0 aliphatic carbocycles. The number of nitro benzene ring substituents is 1. The molecular weight excluding hydrogens is 299 g/mol. The number of nitrogens with two attached hydrogens (primary N) is 1. The van der Waals surface area contributed by atoms with Gasteiger partial charge in [0.05, 0.1) is 4.92 Å². The Bertz CT molecular complexity index is 630. The van der Waals surface area contributed by atoms with Crippen LogP contribution in [0.1, 0.15) is 17.2 Å². The van der Waals surface area contributed by atoms with Crippen LogP contribution in [0.5, 0.6) is 0 Å². The highest BCUT2D eigenvalue weighted by atomic mass is 35.5. The second-order valence-corrected chi connectivity index (χ2v) is 5.24. The molecule has 1 atom stereocenters. The number of halogens is 2. The summed E-state index contributed by atoms with van der Waals surface area (Å²) in [6.07, 6.45) is 0.541. The van der Waals surface area contributed by atoms with E-state index in [1.54, 1.807) is 30.3 Å². The number of hydrogen-bond donors (Lipinski definition) is 1. The Labute approximate surface area is 126 Å². The van der Waals surface area contributed by atoms with Crippen molar-refractivity contribution in [2.45, 2.75) is 12.5 Å². The van der Waals surface area contributed by atoms with Crippen LogP contribution >= 0.6 is 23.2 Å². The highest BCUT2D eigenvalue weighted by Gasteiger charge is 2.12. The molecule has 2 aromatic carbocycles. The molecule has 0 saturated carbocycles. The van der Waals surface area contributed by atoms with Gasteiger partial charge in [0.2, 0.25) is 0 Å². The van der Waals surface area contributed by atoms with E-state index in [-0.39, 0.29) is 11.7 Å². The van der Waals surface area contributed by atoms with E-state index >= 15 is 0 Å². The summed E-state index contributed by atoms with van der Waals surface area (Å²) >= 11 is 11.9. The molecule has 0 spiro atoms. The number of nitro groups is 1. The van der Waals surface area contributed by atoms with Gasteiger partial charge in [0.1, 0.15) is 0 Å². The average Bonchev–Trinajstić information content (AvgIpc) is 2.39. The van der Waals surface area contributed by atoms with E-state index in [2.05, 4.69) is 0 Å². The second kappa shape index (κ2) is 6.22. The normalized spacial score (nSPS) is 12.2. The van der Waals surface area contributed by atoms with Crippen molar-refractivity contribution >= 4 is 28.9 Å². The monoisotopic (exact) mass is 310 g/mol. The maximum Gasteiger partial charge on any atom is 0.269 e. The molecule has 0 amide bonds. The smallest absolute Gasteiger partial charge is 0.269 e. The van der Waals surface area contributed by atoms with Crippen LogP contribution in [0.2, 0.25) is 10.0 Å². The van der Waals surface area contributed by atoms with Crippen molar-refractivity contribution in [3.8, 4) is 0 Å². The van der Waals surface area contributed by atoms with Crippen LogP contribution in [-0.2, 0) is 6.42 Å². The van der Waals surface area contributed by atoms with Crippen molar-refractivity contribution in [1.82, 2.24) is 0 Å². The molecule has 0 aromatic heterocycles. The Kier molecular flexibility index (Phi) is 4.60. The molecule has 1 unspecified atom stereocenters. The van der Waals surface area contributed by atoms with E-state index in [1.807, 2.05) is 0 Å². The van der Waals surface area contributed by atoms with Gasteiger partial charge in [0.15, 0.2) is 0 Å². The van der Waals surface area contributed by atoms with E-state index in [0.717, 1.165) is 11.1 Å². The first-order valence-electron chi connectivity index (χ1n) is 5.91. The number of rotatable bonds is 4. The van der Waals surface area contributed by atoms with Crippen molar-refractivity contribution in [2.75, 3.05) is 0 Å². The molecule has 2 N–H and O–H groups in total. The SMILES string of the molecule is NC(Cc1ccc([N+](=O)[O-])cc1)c1ccc(Cl)cc1Cl. The average molecular weight is 311 g/mol. The standard InChI is InChI=1S/C14H12Cl2N2O2/c15-10-3-6-12(13(16)8-10)14(17)7-9-1-4-11(5-2-9)18(19)20/h1-6,8,14H,7,17H2. The molecule has 104 valence electrons. The van der Waals surface area contributed by atoms with Crippen molar-refractivity contribution in [3.63, 3.8) is 0 Å². The van der Waals surface area contributed by atoms with Crippen molar-refractivity contribution in [2.24, 2.45) is 5.73 Å². The van der Waals surface area contributed by atoms with Gasteiger partial charge in [-0.15, -0.1) is 0 Å². The minimum atomic E-state index is -0.431. The van der Waals surface area contributed by atoms with E-state index in [1.165, 1.54) is 12.1 Å². The molecule has 2 aromatic rings. The first-order chi connectivity index (χ1) is 9.47. The maximum absolute atomic E-state index is 10.6. The summed E-state index contributed by atoms with van der Waals surface area (Å²) in [5, 5.41) is 11.7. The molecule has 0 aliphatic rings. The Morgan fingerprint density at radius 2 is 1.80 bits per heavy atom. The van der Waals surface area contributed by atoms with Crippen molar-refractivity contribution < 1.29 is 4.92 Å². The molecule has 2 rings (SSSR count). The molecule has 20 heavy (non-hydrogen) atoms. The van der Waals surface area contributed by atoms with Crippen molar-refractivity contribution in [3.05, 3.63) is 73.8 Å². The van der Waals surface area contributed by atoms with Gasteiger partial charge in [-0.05, 0) is 29.7 Å². The van der Waals surface area contributed by atoms with E-state index in [0.29, 0.717) is 16.5 Å². The zero-order valence-corrected chi connectivity index (χ0v) is 11.9. The molecule has 4 nitrogen and oxygen atoms in total. The van der Waals surface area contributed by atoms with Gasteiger partial charge < -0.3 is 5.73 Å². The zero-order valence-electron chi connectivity index (χ0n) is 10.4. The molecule has 0 fully saturated rings. The number of hydrogen-bond acceptors (Lipinski definition) is 3. The zero-order chi connectivity index (χ0) is 14.7. The highest BCUT2D eigenvalue weighted by molar-refractivity contribution is 6.35. The van der Waals surface area contributed by atoms with Crippen LogP contribution in [0, 0.1) is 10.1 Å². The van der Waals surface area contributed by atoms with Crippen LogP contribution in [0.3, 0.4) is 0 Å². The first kappa shape index (κ1) is 14.8. The fourth-order valence-electron chi connectivity index (χ4n) is 1.92. The lowest BCUT2D eigenvalue weighted by Crippen LogP contribution is -2.13. The lowest BCUT2D eigenvalue weighted by molar-refractivity contribution is -0.384. The number of benzene rings is 2. The lowest BCUT2D eigenvalue weighted by atomic mass is 9.99. The predicted octanol–water partition coefficient (Wildman–Crippen LogP) is 4.14. The fourth-order valence-corrected chi connectivity index (χ4v) is 2.47. The molecular formula is C14H12Cl2N2O2. The summed E-state index contributed by atoms with van der Waals surface area (Å²) in [5.41, 5.74) is 7.89. The van der Waals surface area contributed by atoms with Gasteiger partial charge in [0.25, 0.3) is 5.69 Å². The maximum atomic E-state index is 10.6. The summed E-state index contributed by atoms with van der Waals surface area (Å²) < 4.78 is 0. The number of non-ortho nitro benzene ring substituents is 1. The lowest BCUT2D eigenvalue weighted by Gasteiger charge is -2.14. The molecule has 0 saturated heterocycles. The van der Waals surface area contributed by atoms with E-state index < -0.39 is 4.92 Å². The summed E-state index contributed by atoms with van der Waals surface area (Å²) in [6, 6.07) is 11.2. The van der Waals surface area contributed by atoms with Crippen molar-refractivity contribution in [1.29, 1.82) is 0 Å². The second-order valence-electron chi connectivity index (χ2n) is 4.40. The largest absolute Gasteiger partial charge is 0.324 e. The van der Waals surface area contributed by atoms with Crippen LogP contribution < -0.4 is 5.73 Å². The Hall–Kier alpha value is -1.62. The Balaban J connectivity index is 2.14. The van der Waals surface area contributed by atoms with Gasteiger partial charge in [-0.3, -0.25) is 10.1 Å². The molecule has 0 radical (unpaired) electrons. The fraction of sp³-hybridized carbons (Fsp3) is 0.143. The Morgan fingerprint density at radius 1 is 1.15 bits per heavy atom. The van der Waals surface area contributed by atoms with E-state index in [4.69, 9.17) is 28.9 Å². The first-order valence-corrected chi connectivity index (χ1v) is 6.67. The molecule has 0 bridgehead atoms. The molecule has 0 heterocycles. The summed E-state index contributed by atoms with van der Waals surface area (Å²) in [7, 11) is 0. The summed E-state index contributed by atoms with van der Waals surface area (Å²) in [4.78, 5) is 10.2. The van der Waals surface area contributed by atoms with Gasteiger partial charge in [-0.1, -0.05) is 41.4 Å². The van der Waals surface area contributed by atoms with Gasteiger partial charge in [-0.2, -0.15) is 0 Å². The predicted molar refractivity (Wildman–Crippen MR) is 80.2 cm³/mol. The molecule has 0 aliphatic heterocycles. The number of nitrogens with zero attached hydrogens (tertiary/aromatic N) is 1. The van der Waals surface area contributed by atoms with Crippen LogP contribution in [0.25, 0.3) is 0 Å². The van der Waals surface area contributed by atoms with Gasteiger partial charge in [-0.25, -0.2) is 0 Å². The van der Waals surface area contributed by atoms with Crippen LogP contribution in [0.4, 0.5) is 5.69 Å². The van der Waals surface area contributed by atoms with Crippen LogP contribution in [0.15, 0.2) is 42.5 Å². The molecule has 6 heteroatoms. The third-order valence-corrected chi connectivity index (χ3v) is 3.53. The van der Waals surface area contributed by atoms with Crippen LogP contribution in [-0.4, -0.2) is 4.92 Å². The highest BCUT2D eigenvalue weighted by Crippen LogP contribution is 2.27. The topological polar surface area (TPSA) is 69.2 Å². The summed E-state index contributed by atoms with van der Waals surface area (Å²) in [5.74, 6) is 0.